The van der Waals surface area contributed by atoms with Gasteiger partial charge in [-0.2, -0.15) is 9.97 Å². The van der Waals surface area contributed by atoms with Crippen LogP contribution in [0.1, 0.15) is 6.92 Å². The SMILES string of the molecule is CC[NH+]1CCN(c2nc(Nc3cccc(F)c3)nc(N)c2[N+](=O)[O-])CC1. The number of nitrogens with zero attached hydrogens (tertiary/aromatic N) is 4. The van der Waals surface area contributed by atoms with Gasteiger partial charge in [-0.05, 0) is 25.1 Å². The van der Waals surface area contributed by atoms with Crippen LogP contribution in [0, 0.1) is 15.9 Å². The van der Waals surface area contributed by atoms with Gasteiger partial charge in [0.15, 0.2) is 0 Å². The number of anilines is 4. The van der Waals surface area contributed by atoms with Gasteiger partial charge in [-0.1, -0.05) is 6.07 Å². The van der Waals surface area contributed by atoms with Crippen molar-refractivity contribution in [1.29, 1.82) is 0 Å². The molecule has 0 atom stereocenters. The Morgan fingerprint density at radius 1 is 1.38 bits per heavy atom. The van der Waals surface area contributed by atoms with Crippen LogP contribution in [0.15, 0.2) is 24.3 Å². The van der Waals surface area contributed by atoms with Crippen LogP contribution < -0.4 is 20.9 Å². The molecule has 0 bridgehead atoms. The van der Waals surface area contributed by atoms with Gasteiger partial charge < -0.3 is 20.9 Å². The predicted molar refractivity (Wildman–Crippen MR) is 96.2 cm³/mol. The highest BCUT2D eigenvalue weighted by Crippen LogP contribution is 2.32. The predicted octanol–water partition coefficient (Wildman–Crippen LogP) is 0.575. The van der Waals surface area contributed by atoms with Gasteiger partial charge in [0.2, 0.25) is 17.6 Å². The number of nitro groups is 1. The summed E-state index contributed by atoms with van der Waals surface area (Å²) in [7, 11) is 0. The molecule has 0 radical (unpaired) electrons. The Kier molecular flexibility index (Phi) is 5.12. The third kappa shape index (κ3) is 3.80. The molecule has 9 nitrogen and oxygen atoms in total. The summed E-state index contributed by atoms with van der Waals surface area (Å²) in [5.41, 5.74) is 5.97. The van der Waals surface area contributed by atoms with Gasteiger partial charge in [-0.25, -0.2) is 4.39 Å². The van der Waals surface area contributed by atoms with Crippen LogP contribution in [0.2, 0.25) is 0 Å². The number of hydrogen-bond acceptors (Lipinski definition) is 7. The van der Waals surface area contributed by atoms with Gasteiger partial charge in [0.05, 0.1) is 37.6 Å². The van der Waals surface area contributed by atoms with E-state index in [2.05, 4.69) is 22.2 Å². The number of halogens is 1. The van der Waals surface area contributed by atoms with Crippen LogP contribution in [-0.4, -0.2) is 47.6 Å². The average molecular weight is 362 g/mol. The first-order chi connectivity index (χ1) is 12.5. The number of nitrogens with one attached hydrogen (secondary N) is 2. The van der Waals surface area contributed by atoms with Crippen LogP contribution in [0.5, 0.6) is 0 Å². The summed E-state index contributed by atoms with van der Waals surface area (Å²) >= 11 is 0. The lowest BCUT2D eigenvalue weighted by Crippen LogP contribution is -3.14. The van der Waals surface area contributed by atoms with Crippen molar-refractivity contribution in [1.82, 2.24) is 9.97 Å². The largest absolute Gasteiger partial charge is 0.378 e. The minimum atomic E-state index is -0.560. The van der Waals surface area contributed by atoms with Crippen molar-refractivity contribution in [2.24, 2.45) is 0 Å². The molecule has 138 valence electrons. The van der Waals surface area contributed by atoms with Crippen LogP contribution >= 0.6 is 0 Å². The quantitative estimate of drug-likeness (QED) is 0.526. The summed E-state index contributed by atoms with van der Waals surface area (Å²) < 4.78 is 13.4. The molecule has 1 aliphatic heterocycles. The van der Waals surface area contributed by atoms with Gasteiger partial charge in [0.1, 0.15) is 5.82 Å². The monoisotopic (exact) mass is 362 g/mol. The average Bonchev–Trinajstić information content (AvgIpc) is 2.61. The molecule has 26 heavy (non-hydrogen) atoms. The van der Waals surface area contributed by atoms with E-state index >= 15 is 0 Å². The zero-order chi connectivity index (χ0) is 18.7. The fourth-order valence-electron chi connectivity index (χ4n) is 3.00. The number of quaternary nitrogens is 1. The van der Waals surface area contributed by atoms with Gasteiger partial charge >= 0.3 is 5.69 Å². The highest BCUT2D eigenvalue weighted by Gasteiger charge is 2.30. The number of hydrogen-bond donors (Lipinski definition) is 3. The smallest absolute Gasteiger partial charge is 0.353 e. The molecule has 0 spiro atoms. The van der Waals surface area contributed by atoms with Crippen molar-refractivity contribution >= 4 is 29.0 Å². The lowest BCUT2D eigenvalue weighted by Gasteiger charge is -2.32. The Labute approximate surface area is 149 Å². The van der Waals surface area contributed by atoms with Crippen molar-refractivity contribution in [3.63, 3.8) is 0 Å². The number of nitrogens with two attached hydrogens (primary N) is 1. The second-order valence-electron chi connectivity index (χ2n) is 6.09. The molecule has 1 fully saturated rings. The van der Waals surface area contributed by atoms with Crippen LogP contribution in [0.4, 0.5) is 33.3 Å². The Morgan fingerprint density at radius 2 is 2.12 bits per heavy atom. The highest BCUT2D eigenvalue weighted by atomic mass is 19.1. The molecule has 2 heterocycles. The van der Waals surface area contributed by atoms with Crippen molar-refractivity contribution in [3.8, 4) is 0 Å². The minimum absolute atomic E-state index is 0.0963. The molecule has 0 saturated carbocycles. The van der Waals surface area contributed by atoms with Crippen molar-refractivity contribution in [2.45, 2.75) is 6.92 Å². The molecule has 0 unspecified atom stereocenters. The van der Waals surface area contributed by atoms with E-state index in [9.17, 15) is 14.5 Å². The maximum Gasteiger partial charge on any atom is 0.353 e. The van der Waals surface area contributed by atoms with Crippen molar-refractivity contribution < 1.29 is 14.2 Å². The van der Waals surface area contributed by atoms with E-state index in [1.165, 1.54) is 17.0 Å². The van der Waals surface area contributed by atoms with E-state index in [0.29, 0.717) is 18.8 Å². The summed E-state index contributed by atoms with van der Waals surface area (Å²) in [6.07, 6.45) is 0. The van der Waals surface area contributed by atoms with Crippen LogP contribution in [-0.2, 0) is 0 Å². The third-order valence-electron chi connectivity index (χ3n) is 4.43. The maximum atomic E-state index is 13.4. The molecule has 10 heteroatoms. The standard InChI is InChI=1S/C16H20FN7O2/c1-2-22-6-8-23(9-7-22)15-13(24(25)26)14(18)20-16(21-15)19-12-5-3-4-11(17)10-12/h3-5,10H,2,6-9H2,1H3,(H3,18,19,20,21)/p+1. The summed E-state index contributed by atoms with van der Waals surface area (Å²) in [5, 5.41) is 14.3. The summed E-state index contributed by atoms with van der Waals surface area (Å²) in [4.78, 5) is 22.5. The number of nitrogen functional groups attached to an aromatic ring is 1. The van der Waals surface area contributed by atoms with Crippen LogP contribution in [0.3, 0.4) is 0 Å². The highest BCUT2D eigenvalue weighted by molar-refractivity contribution is 5.72. The molecule has 3 rings (SSSR count). The van der Waals surface area contributed by atoms with Gasteiger partial charge in [-0.3, -0.25) is 10.1 Å². The van der Waals surface area contributed by atoms with Gasteiger partial charge in [0.25, 0.3) is 0 Å². The maximum absolute atomic E-state index is 13.4. The third-order valence-corrected chi connectivity index (χ3v) is 4.43. The number of likely N-dealkylation sites (N-methyl/N-ethyl adjacent to an activating group) is 1. The van der Waals surface area contributed by atoms with E-state index in [0.717, 1.165) is 19.6 Å². The molecule has 4 N–H and O–H groups in total. The molecule has 1 aromatic carbocycles. The molecule has 1 aliphatic rings. The molecule has 1 aromatic heterocycles. The van der Waals surface area contributed by atoms with Crippen molar-refractivity contribution in [2.75, 3.05) is 48.7 Å². The van der Waals surface area contributed by atoms with Crippen molar-refractivity contribution in [3.05, 3.63) is 40.2 Å². The topological polar surface area (TPSA) is 115 Å². The first-order valence-corrected chi connectivity index (χ1v) is 8.41. The summed E-state index contributed by atoms with van der Waals surface area (Å²) in [6, 6.07) is 5.79. The minimum Gasteiger partial charge on any atom is -0.378 e. The Hall–Kier alpha value is -3.01. The fourth-order valence-corrected chi connectivity index (χ4v) is 3.00. The summed E-state index contributed by atoms with van der Waals surface area (Å²) in [6.45, 7) is 6.12. The first kappa shape index (κ1) is 17.8. The molecule has 1 saturated heterocycles. The fraction of sp³-hybridized carbons (Fsp3) is 0.375. The lowest BCUT2D eigenvalue weighted by molar-refractivity contribution is -0.898. The molecular formula is C16H21FN7O2+. The van der Waals surface area contributed by atoms with E-state index in [-0.39, 0.29) is 23.3 Å². The Balaban J connectivity index is 1.93. The Bertz CT molecular complexity index is 809. The molecular weight excluding hydrogens is 341 g/mol. The lowest BCUT2D eigenvalue weighted by atomic mass is 10.3. The number of piperazine rings is 1. The molecule has 0 amide bonds. The number of rotatable bonds is 5. The second-order valence-corrected chi connectivity index (χ2v) is 6.09. The number of aromatic nitrogens is 2. The number of benzene rings is 1. The van der Waals surface area contributed by atoms with Crippen LogP contribution in [0.25, 0.3) is 0 Å². The normalized spacial score (nSPS) is 15.1. The zero-order valence-corrected chi connectivity index (χ0v) is 14.4. The molecule has 2 aromatic rings. The Morgan fingerprint density at radius 3 is 2.73 bits per heavy atom. The van der Waals surface area contributed by atoms with Gasteiger partial charge in [0, 0.05) is 5.69 Å². The van der Waals surface area contributed by atoms with E-state index in [4.69, 9.17) is 5.73 Å². The van der Waals surface area contributed by atoms with E-state index in [1.54, 1.807) is 12.1 Å². The molecule has 0 aliphatic carbocycles. The zero-order valence-electron chi connectivity index (χ0n) is 14.4. The summed E-state index contributed by atoms with van der Waals surface area (Å²) in [5.74, 6) is -0.344. The first-order valence-electron chi connectivity index (χ1n) is 8.41. The van der Waals surface area contributed by atoms with Gasteiger partial charge in [-0.15, -0.1) is 0 Å². The second kappa shape index (κ2) is 7.48. The van der Waals surface area contributed by atoms with E-state index < -0.39 is 10.7 Å². The van der Waals surface area contributed by atoms with E-state index in [1.807, 2.05) is 4.90 Å².